The molecule has 0 fully saturated rings. The van der Waals surface area contributed by atoms with E-state index in [4.69, 9.17) is 0 Å². The normalized spacial score (nSPS) is 19.8. The summed E-state index contributed by atoms with van der Waals surface area (Å²) >= 11 is 0. The number of hydrogen-bond acceptors (Lipinski definition) is 4. The molecule has 0 saturated carbocycles. The zero-order valence-electron chi connectivity index (χ0n) is 15.8. The average Bonchev–Trinajstić information content (AvgIpc) is 3.17. The number of aryl methyl sites for hydroxylation is 1. The van der Waals surface area contributed by atoms with Gasteiger partial charge in [0.15, 0.2) is 9.84 Å². The maximum Gasteiger partial charge on any atom is 0.240 e. The van der Waals surface area contributed by atoms with Crippen LogP contribution in [0.1, 0.15) is 31.2 Å². The van der Waals surface area contributed by atoms with Gasteiger partial charge in [-0.15, -0.1) is 0 Å². The van der Waals surface area contributed by atoms with Gasteiger partial charge in [-0.1, -0.05) is 48.0 Å². The molecule has 5 nitrogen and oxygen atoms in total. The number of rotatable bonds is 8. The van der Waals surface area contributed by atoms with Crippen LogP contribution < -0.4 is 4.72 Å². The van der Waals surface area contributed by atoms with Gasteiger partial charge >= 0.3 is 0 Å². The predicted octanol–water partition coefficient (Wildman–Crippen LogP) is 3.62. The van der Waals surface area contributed by atoms with E-state index in [9.17, 15) is 16.8 Å². The Bertz CT molecular complexity index is 1040. The average molecular weight is 420 g/mol. The van der Waals surface area contributed by atoms with E-state index in [1.165, 1.54) is 0 Å². The molecule has 2 aromatic rings. The second-order valence-corrected chi connectivity index (χ2v) is 11.2. The van der Waals surface area contributed by atoms with E-state index >= 15 is 0 Å². The molecule has 1 aliphatic carbocycles. The number of sulfone groups is 1. The highest BCUT2D eigenvalue weighted by atomic mass is 32.2. The minimum absolute atomic E-state index is 0.191. The standard InChI is InChI=1S/C21H25NO4S2/c1-18-10-12-20(13-11-18)28(25,26)22-17-7-16-21(14-5-6-15-21)27(23,24)19-8-3-2-4-9-19/h2-5,8-14,22H,6-7,15-17H2,1H3. The molecular formula is C21H25NO4S2. The van der Waals surface area contributed by atoms with Crippen LogP contribution in [0.2, 0.25) is 0 Å². The SMILES string of the molecule is Cc1ccc(S(=O)(=O)NCCCC2(S(=O)(=O)c3ccccc3)C=CCC2)cc1. The van der Waals surface area contributed by atoms with Crippen LogP contribution in [-0.4, -0.2) is 28.1 Å². The lowest BCUT2D eigenvalue weighted by molar-refractivity contribution is 0.511. The molecule has 3 rings (SSSR count). The minimum Gasteiger partial charge on any atom is -0.223 e. The van der Waals surface area contributed by atoms with Crippen molar-refractivity contribution in [3.05, 3.63) is 72.3 Å². The smallest absolute Gasteiger partial charge is 0.223 e. The molecule has 0 amide bonds. The molecule has 0 bridgehead atoms. The highest BCUT2D eigenvalue weighted by Crippen LogP contribution is 2.39. The van der Waals surface area contributed by atoms with E-state index in [2.05, 4.69) is 4.72 Å². The quantitative estimate of drug-likeness (QED) is 0.523. The lowest BCUT2D eigenvalue weighted by Gasteiger charge is -2.27. The van der Waals surface area contributed by atoms with Gasteiger partial charge < -0.3 is 0 Å². The van der Waals surface area contributed by atoms with Crippen molar-refractivity contribution < 1.29 is 16.8 Å². The Morgan fingerprint density at radius 2 is 1.61 bits per heavy atom. The second-order valence-electron chi connectivity index (χ2n) is 7.14. The number of sulfonamides is 1. The fourth-order valence-corrected chi connectivity index (χ4v) is 6.64. The summed E-state index contributed by atoms with van der Waals surface area (Å²) in [6.07, 6.45) is 5.72. The monoisotopic (exact) mass is 419 g/mol. The first-order chi connectivity index (χ1) is 13.3. The molecular weight excluding hydrogens is 394 g/mol. The van der Waals surface area contributed by atoms with Gasteiger partial charge in [0.05, 0.1) is 14.5 Å². The van der Waals surface area contributed by atoms with E-state index < -0.39 is 24.6 Å². The third kappa shape index (κ3) is 4.21. The molecule has 1 aliphatic rings. The highest BCUT2D eigenvalue weighted by Gasteiger charge is 2.43. The molecule has 0 saturated heterocycles. The van der Waals surface area contributed by atoms with Crippen molar-refractivity contribution in [2.24, 2.45) is 0 Å². The van der Waals surface area contributed by atoms with Gasteiger partial charge in [-0.25, -0.2) is 21.6 Å². The van der Waals surface area contributed by atoms with Gasteiger partial charge in [-0.05, 0) is 56.9 Å². The largest absolute Gasteiger partial charge is 0.240 e. The number of allylic oxidation sites excluding steroid dienone is 1. The van der Waals surface area contributed by atoms with E-state index in [-0.39, 0.29) is 11.4 Å². The molecule has 28 heavy (non-hydrogen) atoms. The summed E-state index contributed by atoms with van der Waals surface area (Å²) in [6, 6.07) is 15.1. The van der Waals surface area contributed by atoms with Crippen molar-refractivity contribution in [1.29, 1.82) is 0 Å². The van der Waals surface area contributed by atoms with Crippen LogP contribution in [0.25, 0.3) is 0 Å². The fraction of sp³-hybridized carbons (Fsp3) is 0.333. The van der Waals surface area contributed by atoms with E-state index in [1.807, 2.05) is 13.0 Å². The molecule has 7 heteroatoms. The highest BCUT2D eigenvalue weighted by molar-refractivity contribution is 7.93. The Kier molecular flexibility index (Phi) is 6.07. The molecule has 1 unspecified atom stereocenters. The van der Waals surface area contributed by atoms with Gasteiger partial charge in [0.1, 0.15) is 0 Å². The Balaban J connectivity index is 1.68. The van der Waals surface area contributed by atoms with Crippen molar-refractivity contribution in [2.75, 3.05) is 6.54 Å². The van der Waals surface area contributed by atoms with E-state index in [0.717, 1.165) is 5.56 Å². The molecule has 0 aromatic heterocycles. The number of nitrogens with one attached hydrogen (secondary N) is 1. The van der Waals surface area contributed by atoms with E-state index in [0.29, 0.717) is 30.6 Å². The maximum absolute atomic E-state index is 13.2. The van der Waals surface area contributed by atoms with Gasteiger partial charge in [0.2, 0.25) is 10.0 Å². The molecule has 2 aromatic carbocycles. The summed E-state index contributed by atoms with van der Waals surface area (Å²) in [5, 5.41) is 0. The van der Waals surface area contributed by atoms with Crippen LogP contribution in [0.5, 0.6) is 0 Å². The maximum atomic E-state index is 13.2. The van der Waals surface area contributed by atoms with Crippen molar-refractivity contribution in [3.8, 4) is 0 Å². The molecule has 0 radical (unpaired) electrons. The number of benzene rings is 2. The van der Waals surface area contributed by atoms with E-state index in [1.54, 1.807) is 60.7 Å². The summed E-state index contributed by atoms with van der Waals surface area (Å²) in [5.41, 5.74) is 0.986. The lowest BCUT2D eigenvalue weighted by Crippen LogP contribution is -2.36. The third-order valence-electron chi connectivity index (χ3n) is 5.14. The third-order valence-corrected chi connectivity index (χ3v) is 9.13. The zero-order valence-corrected chi connectivity index (χ0v) is 17.5. The van der Waals surface area contributed by atoms with Gasteiger partial charge in [0.25, 0.3) is 0 Å². The van der Waals surface area contributed by atoms with Gasteiger partial charge in [-0.2, -0.15) is 0 Å². The summed E-state index contributed by atoms with van der Waals surface area (Å²) < 4.78 is 52.8. The molecule has 0 heterocycles. The Labute approximate surface area is 167 Å². The summed E-state index contributed by atoms with van der Waals surface area (Å²) in [7, 11) is -7.13. The first kappa shape index (κ1) is 20.8. The second kappa shape index (κ2) is 8.19. The first-order valence-electron chi connectivity index (χ1n) is 9.31. The van der Waals surface area contributed by atoms with Crippen LogP contribution in [0.4, 0.5) is 0 Å². The summed E-state index contributed by atoms with van der Waals surface area (Å²) in [6.45, 7) is 2.08. The van der Waals surface area contributed by atoms with Crippen LogP contribution in [-0.2, 0) is 19.9 Å². The topological polar surface area (TPSA) is 80.3 Å². The molecule has 1 N–H and O–H groups in total. The first-order valence-corrected chi connectivity index (χ1v) is 12.3. The Hall–Kier alpha value is -1.96. The summed E-state index contributed by atoms with van der Waals surface area (Å²) in [4.78, 5) is 0.521. The minimum atomic E-state index is -3.60. The van der Waals surface area contributed by atoms with Crippen LogP contribution in [0.15, 0.2) is 76.5 Å². The van der Waals surface area contributed by atoms with Gasteiger partial charge in [0, 0.05) is 6.54 Å². The van der Waals surface area contributed by atoms with Crippen molar-refractivity contribution in [3.63, 3.8) is 0 Å². The van der Waals surface area contributed by atoms with Crippen LogP contribution >= 0.6 is 0 Å². The number of hydrogen-bond donors (Lipinski definition) is 1. The molecule has 1 atom stereocenters. The lowest BCUT2D eigenvalue weighted by atomic mass is 10.0. The molecule has 150 valence electrons. The fourth-order valence-electron chi connectivity index (χ4n) is 3.51. The Morgan fingerprint density at radius 1 is 0.929 bits per heavy atom. The zero-order chi connectivity index (χ0) is 20.3. The predicted molar refractivity (Wildman–Crippen MR) is 110 cm³/mol. The Morgan fingerprint density at radius 3 is 2.21 bits per heavy atom. The molecule has 0 aliphatic heterocycles. The molecule has 0 spiro atoms. The van der Waals surface area contributed by atoms with Crippen LogP contribution in [0, 0.1) is 6.92 Å². The summed E-state index contributed by atoms with van der Waals surface area (Å²) in [5.74, 6) is 0. The van der Waals surface area contributed by atoms with Crippen molar-refractivity contribution in [1.82, 2.24) is 4.72 Å². The van der Waals surface area contributed by atoms with Crippen LogP contribution in [0.3, 0.4) is 0 Å². The van der Waals surface area contributed by atoms with Crippen molar-refractivity contribution in [2.45, 2.75) is 47.1 Å². The van der Waals surface area contributed by atoms with Gasteiger partial charge in [-0.3, -0.25) is 0 Å². The van der Waals surface area contributed by atoms with Crippen molar-refractivity contribution >= 4 is 19.9 Å².